The Hall–Kier alpha value is -2.28. The molecule has 3 N–H and O–H groups in total. The average molecular weight is 350 g/mol. The van der Waals surface area contributed by atoms with Crippen LogP contribution in [0.15, 0.2) is 18.2 Å². The minimum atomic E-state index is -0.829. The first-order valence-corrected chi connectivity index (χ1v) is 8.39. The van der Waals surface area contributed by atoms with Crippen LogP contribution in [-0.4, -0.2) is 11.8 Å². The molecule has 1 aliphatic rings. The van der Waals surface area contributed by atoms with E-state index in [-0.39, 0.29) is 5.56 Å². The summed E-state index contributed by atoms with van der Waals surface area (Å²) in [5.74, 6) is -2.49. The lowest BCUT2D eigenvalue weighted by atomic mass is 9.88. The molecule has 2 aromatic rings. The van der Waals surface area contributed by atoms with E-state index in [2.05, 4.69) is 12.2 Å². The molecule has 1 aromatic heterocycles. The number of amides is 2. The largest absolute Gasteiger partial charge is 0.365 e. The predicted octanol–water partition coefficient (Wildman–Crippen LogP) is 3.50. The van der Waals surface area contributed by atoms with Gasteiger partial charge >= 0.3 is 0 Å². The molecule has 1 atom stereocenters. The number of carbonyl (C=O) groups is 2. The number of fused-ring (bicyclic) bond motifs is 1. The van der Waals surface area contributed by atoms with E-state index >= 15 is 0 Å². The molecule has 2 amide bonds. The van der Waals surface area contributed by atoms with Crippen LogP contribution in [0.1, 0.15) is 44.5 Å². The first kappa shape index (κ1) is 16.6. The van der Waals surface area contributed by atoms with Gasteiger partial charge in [-0.25, -0.2) is 8.78 Å². The van der Waals surface area contributed by atoms with E-state index in [1.165, 1.54) is 11.3 Å². The van der Waals surface area contributed by atoms with E-state index in [0.717, 1.165) is 47.9 Å². The number of halogens is 2. The van der Waals surface area contributed by atoms with Gasteiger partial charge < -0.3 is 11.1 Å². The van der Waals surface area contributed by atoms with Crippen LogP contribution in [0, 0.1) is 17.6 Å². The molecule has 1 aromatic carbocycles. The molecule has 0 saturated heterocycles. The van der Waals surface area contributed by atoms with Crippen molar-refractivity contribution in [3.8, 4) is 0 Å². The minimum Gasteiger partial charge on any atom is -0.365 e. The number of carbonyl (C=O) groups excluding carboxylic acids is 2. The number of rotatable bonds is 3. The summed E-state index contributed by atoms with van der Waals surface area (Å²) < 4.78 is 27.0. The first-order chi connectivity index (χ1) is 11.4. The zero-order chi connectivity index (χ0) is 17.4. The van der Waals surface area contributed by atoms with Crippen molar-refractivity contribution in [3.05, 3.63) is 51.4 Å². The van der Waals surface area contributed by atoms with Crippen LogP contribution in [0.5, 0.6) is 0 Å². The summed E-state index contributed by atoms with van der Waals surface area (Å²) in [6, 6.07) is 2.65. The van der Waals surface area contributed by atoms with Crippen molar-refractivity contribution in [1.29, 1.82) is 0 Å². The Balaban J connectivity index is 1.96. The van der Waals surface area contributed by atoms with Crippen molar-refractivity contribution in [1.82, 2.24) is 0 Å². The Labute approximate surface area is 141 Å². The maximum absolute atomic E-state index is 13.7. The van der Waals surface area contributed by atoms with Crippen molar-refractivity contribution < 1.29 is 18.4 Å². The van der Waals surface area contributed by atoms with Gasteiger partial charge in [0.25, 0.3) is 11.8 Å². The van der Waals surface area contributed by atoms with Gasteiger partial charge in [-0.3, -0.25) is 9.59 Å². The second-order valence-electron chi connectivity index (χ2n) is 6.00. The standard InChI is InChI=1S/C17H16F2N2O2S/c1-8-2-4-10-13(6-8)24-17(14(10)15(20)22)21-16(23)11-7-9(18)3-5-12(11)19/h3,5,7-8H,2,4,6H2,1H3,(H2,20,22)(H,21,23)/t8-/m1/s1. The highest BCUT2D eigenvalue weighted by Crippen LogP contribution is 2.39. The highest BCUT2D eigenvalue weighted by Gasteiger charge is 2.27. The molecule has 4 nitrogen and oxygen atoms in total. The molecule has 1 heterocycles. The second kappa shape index (κ2) is 6.32. The first-order valence-electron chi connectivity index (χ1n) is 7.57. The normalized spacial score (nSPS) is 16.5. The lowest BCUT2D eigenvalue weighted by Gasteiger charge is -2.18. The van der Waals surface area contributed by atoms with Gasteiger partial charge in [0.15, 0.2) is 0 Å². The summed E-state index contributed by atoms with van der Waals surface area (Å²) in [5.41, 5.74) is 6.20. The van der Waals surface area contributed by atoms with Crippen LogP contribution in [0.3, 0.4) is 0 Å². The topological polar surface area (TPSA) is 72.2 Å². The second-order valence-corrected chi connectivity index (χ2v) is 7.10. The van der Waals surface area contributed by atoms with E-state index in [1.54, 1.807) is 0 Å². The zero-order valence-corrected chi connectivity index (χ0v) is 13.8. The fourth-order valence-corrected chi connectivity index (χ4v) is 4.35. The lowest BCUT2D eigenvalue weighted by Crippen LogP contribution is -2.20. The molecule has 0 bridgehead atoms. The third kappa shape index (κ3) is 3.03. The smallest absolute Gasteiger partial charge is 0.259 e. The number of hydrogen-bond donors (Lipinski definition) is 2. The van der Waals surface area contributed by atoms with Crippen molar-refractivity contribution in [2.75, 3.05) is 5.32 Å². The number of anilines is 1. The Morgan fingerprint density at radius 3 is 2.79 bits per heavy atom. The number of hydrogen-bond acceptors (Lipinski definition) is 3. The number of thiophene rings is 1. The summed E-state index contributed by atoms with van der Waals surface area (Å²) in [6.45, 7) is 2.12. The molecule has 0 unspecified atom stereocenters. The Bertz CT molecular complexity index is 832. The third-order valence-electron chi connectivity index (χ3n) is 4.16. The molecule has 0 radical (unpaired) electrons. The average Bonchev–Trinajstić information content (AvgIpc) is 2.86. The van der Waals surface area contributed by atoms with E-state index < -0.39 is 29.0 Å². The van der Waals surface area contributed by atoms with E-state index in [1.807, 2.05) is 0 Å². The highest BCUT2D eigenvalue weighted by atomic mass is 32.1. The molecule has 7 heteroatoms. The van der Waals surface area contributed by atoms with Gasteiger partial charge in [-0.05, 0) is 48.9 Å². The van der Waals surface area contributed by atoms with Crippen molar-refractivity contribution in [3.63, 3.8) is 0 Å². The van der Waals surface area contributed by atoms with Gasteiger partial charge in [0, 0.05) is 4.88 Å². The van der Waals surface area contributed by atoms with E-state index in [0.29, 0.717) is 10.9 Å². The fourth-order valence-electron chi connectivity index (χ4n) is 2.94. The monoisotopic (exact) mass is 350 g/mol. The van der Waals surface area contributed by atoms with Crippen LogP contribution < -0.4 is 11.1 Å². The van der Waals surface area contributed by atoms with Gasteiger partial charge in [0.1, 0.15) is 16.6 Å². The fraction of sp³-hybridized carbons (Fsp3) is 0.294. The molecule has 126 valence electrons. The summed E-state index contributed by atoms with van der Waals surface area (Å²) in [4.78, 5) is 25.1. The Morgan fingerprint density at radius 1 is 1.33 bits per heavy atom. The number of nitrogens with two attached hydrogens (primary N) is 1. The molecule has 24 heavy (non-hydrogen) atoms. The maximum Gasteiger partial charge on any atom is 0.259 e. The van der Waals surface area contributed by atoms with Crippen LogP contribution in [-0.2, 0) is 12.8 Å². The minimum absolute atomic E-state index is 0.284. The van der Waals surface area contributed by atoms with Gasteiger partial charge in [-0.15, -0.1) is 11.3 Å². The molecule has 1 aliphatic carbocycles. The van der Waals surface area contributed by atoms with Crippen molar-refractivity contribution in [2.24, 2.45) is 11.7 Å². The van der Waals surface area contributed by atoms with Gasteiger partial charge in [-0.1, -0.05) is 6.92 Å². The molecular formula is C17H16F2N2O2S. The quantitative estimate of drug-likeness (QED) is 0.889. The summed E-state index contributed by atoms with van der Waals surface area (Å²) in [7, 11) is 0. The Kier molecular flexibility index (Phi) is 4.36. The van der Waals surface area contributed by atoms with Crippen molar-refractivity contribution in [2.45, 2.75) is 26.2 Å². The molecule has 0 saturated carbocycles. The van der Waals surface area contributed by atoms with Crippen LogP contribution >= 0.6 is 11.3 Å². The molecule has 0 spiro atoms. The summed E-state index contributed by atoms with van der Waals surface area (Å²) >= 11 is 1.28. The van der Waals surface area contributed by atoms with E-state index in [9.17, 15) is 18.4 Å². The summed E-state index contributed by atoms with van der Waals surface area (Å²) in [5, 5.41) is 2.82. The lowest BCUT2D eigenvalue weighted by molar-refractivity contribution is 0.1000. The molecule has 0 fully saturated rings. The van der Waals surface area contributed by atoms with Crippen LogP contribution in [0.25, 0.3) is 0 Å². The zero-order valence-electron chi connectivity index (χ0n) is 13.0. The highest BCUT2D eigenvalue weighted by molar-refractivity contribution is 7.17. The van der Waals surface area contributed by atoms with Gasteiger partial charge in [0.2, 0.25) is 0 Å². The van der Waals surface area contributed by atoms with E-state index in [4.69, 9.17) is 5.73 Å². The third-order valence-corrected chi connectivity index (χ3v) is 5.33. The molecular weight excluding hydrogens is 334 g/mol. The number of primary amides is 1. The Morgan fingerprint density at radius 2 is 2.08 bits per heavy atom. The van der Waals surface area contributed by atoms with Gasteiger partial charge in [0.05, 0.1) is 11.1 Å². The predicted molar refractivity (Wildman–Crippen MR) is 88.3 cm³/mol. The maximum atomic E-state index is 13.7. The van der Waals surface area contributed by atoms with Crippen LogP contribution in [0.4, 0.5) is 13.8 Å². The van der Waals surface area contributed by atoms with Crippen molar-refractivity contribution >= 4 is 28.2 Å². The SMILES string of the molecule is C[C@@H]1CCc2c(sc(NC(=O)c3cc(F)ccc3F)c2C(N)=O)C1. The number of benzene rings is 1. The number of nitrogens with one attached hydrogen (secondary N) is 1. The molecule has 0 aliphatic heterocycles. The molecule has 3 rings (SSSR count). The summed E-state index contributed by atoms with van der Waals surface area (Å²) in [6.07, 6.45) is 2.47. The van der Waals surface area contributed by atoms with Crippen LogP contribution in [0.2, 0.25) is 0 Å². The van der Waals surface area contributed by atoms with Gasteiger partial charge in [-0.2, -0.15) is 0 Å².